The number of hydrogen-bond donors (Lipinski definition) is 1. The van der Waals surface area contributed by atoms with Crippen molar-refractivity contribution < 1.29 is 4.79 Å². The number of aromatic nitrogens is 4. The molecule has 0 saturated carbocycles. The summed E-state index contributed by atoms with van der Waals surface area (Å²) in [4.78, 5) is 14.9. The zero-order valence-corrected chi connectivity index (χ0v) is 15.9. The maximum Gasteiger partial charge on any atom is 0.244 e. The number of rotatable bonds is 7. The summed E-state index contributed by atoms with van der Waals surface area (Å²) in [5.74, 6) is 0.381. The molecular formula is C21H19N5OS. The van der Waals surface area contributed by atoms with E-state index in [-0.39, 0.29) is 18.5 Å². The Morgan fingerprint density at radius 2 is 1.75 bits per heavy atom. The Morgan fingerprint density at radius 1 is 1.00 bits per heavy atom. The average molecular weight is 389 g/mol. The summed E-state index contributed by atoms with van der Waals surface area (Å²) in [5, 5.41) is 17.4. The monoisotopic (exact) mass is 389 g/mol. The summed E-state index contributed by atoms with van der Waals surface area (Å²) in [6, 6.07) is 23.8. The fourth-order valence-electron chi connectivity index (χ4n) is 2.97. The van der Waals surface area contributed by atoms with Gasteiger partial charge < -0.3 is 5.32 Å². The van der Waals surface area contributed by atoms with Gasteiger partial charge in [0.25, 0.3) is 0 Å². The SMILES string of the molecule is O=C(Cn1nnc(-c2cccs2)n1)NC(Cc1ccccc1)c1ccccc1. The molecule has 4 rings (SSSR count). The smallest absolute Gasteiger partial charge is 0.244 e. The van der Waals surface area contributed by atoms with Crippen LogP contribution in [-0.4, -0.2) is 26.1 Å². The quantitative estimate of drug-likeness (QED) is 0.525. The van der Waals surface area contributed by atoms with E-state index in [2.05, 4.69) is 32.9 Å². The van der Waals surface area contributed by atoms with E-state index in [1.807, 2.05) is 66.0 Å². The summed E-state index contributed by atoms with van der Waals surface area (Å²) < 4.78 is 0. The van der Waals surface area contributed by atoms with E-state index in [4.69, 9.17) is 0 Å². The molecule has 0 fully saturated rings. The topological polar surface area (TPSA) is 72.7 Å². The number of tetrazole rings is 1. The van der Waals surface area contributed by atoms with E-state index in [9.17, 15) is 4.79 Å². The molecular weight excluding hydrogens is 370 g/mol. The van der Waals surface area contributed by atoms with E-state index in [0.29, 0.717) is 12.2 Å². The molecule has 1 amide bonds. The van der Waals surface area contributed by atoms with Gasteiger partial charge in [-0.05, 0) is 34.2 Å². The Balaban J connectivity index is 1.46. The van der Waals surface area contributed by atoms with Crippen LogP contribution in [0.25, 0.3) is 10.7 Å². The van der Waals surface area contributed by atoms with E-state index >= 15 is 0 Å². The molecule has 0 aliphatic carbocycles. The van der Waals surface area contributed by atoms with Crippen LogP contribution in [0.15, 0.2) is 78.2 Å². The second-order valence-electron chi connectivity index (χ2n) is 6.34. The molecule has 0 spiro atoms. The molecule has 0 radical (unpaired) electrons. The summed E-state index contributed by atoms with van der Waals surface area (Å²) in [5.41, 5.74) is 2.22. The van der Waals surface area contributed by atoms with E-state index in [0.717, 1.165) is 16.0 Å². The van der Waals surface area contributed by atoms with Gasteiger partial charge in [-0.2, -0.15) is 4.80 Å². The van der Waals surface area contributed by atoms with Crippen LogP contribution >= 0.6 is 11.3 Å². The van der Waals surface area contributed by atoms with Gasteiger partial charge in [-0.25, -0.2) is 0 Å². The molecule has 28 heavy (non-hydrogen) atoms. The van der Waals surface area contributed by atoms with Gasteiger partial charge in [0.2, 0.25) is 11.7 Å². The largest absolute Gasteiger partial charge is 0.347 e. The molecule has 1 N–H and O–H groups in total. The average Bonchev–Trinajstić information content (AvgIpc) is 3.41. The van der Waals surface area contributed by atoms with Gasteiger partial charge >= 0.3 is 0 Å². The minimum atomic E-state index is -0.153. The van der Waals surface area contributed by atoms with Gasteiger partial charge in [0.15, 0.2) is 0 Å². The predicted molar refractivity (Wildman–Crippen MR) is 109 cm³/mol. The molecule has 2 aromatic carbocycles. The zero-order chi connectivity index (χ0) is 19.2. The van der Waals surface area contributed by atoms with Crippen LogP contribution < -0.4 is 5.32 Å². The van der Waals surface area contributed by atoms with Crippen LogP contribution in [0.1, 0.15) is 17.2 Å². The predicted octanol–water partition coefficient (Wildman–Crippen LogP) is 3.50. The standard InChI is InChI=1S/C21H19N5OS/c27-20(15-26-24-21(23-25-26)19-12-7-13-28-19)22-18(17-10-5-2-6-11-17)14-16-8-3-1-4-9-16/h1-13,18H,14-15H2,(H,22,27). The maximum absolute atomic E-state index is 12.6. The van der Waals surface area contributed by atoms with Crippen molar-refractivity contribution >= 4 is 17.2 Å². The summed E-state index contributed by atoms with van der Waals surface area (Å²) in [7, 11) is 0. The number of nitrogens with zero attached hydrogens (tertiary/aromatic N) is 4. The highest BCUT2D eigenvalue weighted by Gasteiger charge is 2.17. The Bertz CT molecular complexity index is 1020. The van der Waals surface area contributed by atoms with Crippen LogP contribution in [0.3, 0.4) is 0 Å². The van der Waals surface area contributed by atoms with Crippen molar-refractivity contribution in [3.63, 3.8) is 0 Å². The second kappa shape index (κ2) is 8.58. The first-order chi connectivity index (χ1) is 13.8. The first-order valence-corrected chi connectivity index (χ1v) is 9.86. The van der Waals surface area contributed by atoms with Crippen molar-refractivity contribution in [1.82, 2.24) is 25.5 Å². The number of carbonyl (C=O) groups excluding carboxylic acids is 1. The number of carbonyl (C=O) groups is 1. The van der Waals surface area contributed by atoms with Gasteiger partial charge in [-0.1, -0.05) is 66.7 Å². The molecule has 2 aromatic heterocycles. The minimum Gasteiger partial charge on any atom is -0.347 e. The molecule has 4 aromatic rings. The molecule has 140 valence electrons. The van der Waals surface area contributed by atoms with E-state index < -0.39 is 0 Å². The van der Waals surface area contributed by atoms with Crippen molar-refractivity contribution in [3.05, 3.63) is 89.3 Å². The van der Waals surface area contributed by atoms with Crippen molar-refractivity contribution in [2.45, 2.75) is 19.0 Å². The molecule has 0 bridgehead atoms. The Hall–Kier alpha value is -3.32. The van der Waals surface area contributed by atoms with Gasteiger partial charge in [0.05, 0.1) is 10.9 Å². The molecule has 7 heteroatoms. The lowest BCUT2D eigenvalue weighted by Gasteiger charge is -2.19. The molecule has 6 nitrogen and oxygen atoms in total. The molecule has 1 unspecified atom stereocenters. The van der Waals surface area contributed by atoms with E-state index in [1.54, 1.807) is 0 Å². The fourth-order valence-corrected chi connectivity index (χ4v) is 3.62. The van der Waals surface area contributed by atoms with Crippen molar-refractivity contribution in [1.29, 1.82) is 0 Å². The number of hydrogen-bond acceptors (Lipinski definition) is 5. The normalized spacial score (nSPS) is 11.9. The van der Waals surface area contributed by atoms with Gasteiger partial charge in [-0.15, -0.1) is 21.5 Å². The number of thiophene rings is 1. The van der Waals surface area contributed by atoms with Crippen LogP contribution in [0, 0.1) is 0 Å². The highest BCUT2D eigenvalue weighted by Crippen LogP contribution is 2.20. The third kappa shape index (κ3) is 4.50. The third-order valence-electron chi connectivity index (χ3n) is 4.30. The van der Waals surface area contributed by atoms with Gasteiger partial charge in [0.1, 0.15) is 6.54 Å². The lowest BCUT2D eigenvalue weighted by atomic mass is 9.99. The van der Waals surface area contributed by atoms with Crippen molar-refractivity contribution in [3.8, 4) is 10.7 Å². The summed E-state index contributed by atoms with van der Waals surface area (Å²) in [6.07, 6.45) is 0.710. The summed E-state index contributed by atoms with van der Waals surface area (Å²) >= 11 is 1.54. The lowest BCUT2D eigenvalue weighted by Crippen LogP contribution is -2.33. The van der Waals surface area contributed by atoms with Crippen LogP contribution in [0.4, 0.5) is 0 Å². The van der Waals surface area contributed by atoms with Gasteiger partial charge in [0, 0.05) is 0 Å². The highest BCUT2D eigenvalue weighted by atomic mass is 32.1. The molecule has 2 heterocycles. The first kappa shape index (κ1) is 18.1. The molecule has 1 atom stereocenters. The Kier molecular flexibility index (Phi) is 5.53. The Morgan fingerprint density at radius 3 is 2.46 bits per heavy atom. The number of nitrogens with one attached hydrogen (secondary N) is 1. The van der Waals surface area contributed by atoms with Crippen LogP contribution in [-0.2, 0) is 17.8 Å². The number of amides is 1. The Labute approximate surface area is 166 Å². The second-order valence-corrected chi connectivity index (χ2v) is 7.29. The van der Waals surface area contributed by atoms with Crippen LogP contribution in [0.5, 0.6) is 0 Å². The number of benzene rings is 2. The van der Waals surface area contributed by atoms with Crippen molar-refractivity contribution in [2.75, 3.05) is 0 Å². The van der Waals surface area contributed by atoms with E-state index in [1.165, 1.54) is 16.1 Å². The third-order valence-corrected chi connectivity index (χ3v) is 5.17. The summed E-state index contributed by atoms with van der Waals surface area (Å²) in [6.45, 7) is 0.0243. The molecule has 0 saturated heterocycles. The van der Waals surface area contributed by atoms with Crippen LogP contribution in [0.2, 0.25) is 0 Å². The maximum atomic E-state index is 12.6. The highest BCUT2D eigenvalue weighted by molar-refractivity contribution is 7.13. The van der Waals surface area contributed by atoms with Gasteiger partial charge in [-0.3, -0.25) is 4.79 Å². The molecule has 0 aliphatic heterocycles. The zero-order valence-electron chi connectivity index (χ0n) is 15.1. The molecule has 0 aliphatic rings. The minimum absolute atomic E-state index is 0.0243. The van der Waals surface area contributed by atoms with Crippen molar-refractivity contribution in [2.24, 2.45) is 0 Å². The lowest BCUT2D eigenvalue weighted by molar-refractivity contribution is -0.122. The fraction of sp³-hybridized carbons (Fsp3) is 0.143. The first-order valence-electron chi connectivity index (χ1n) is 8.98.